The molecule has 0 aromatic rings. The topological polar surface area (TPSA) is 0 Å². The van der Waals surface area contributed by atoms with Crippen LogP contribution in [0.3, 0.4) is 0 Å². The number of hydrogen-bond acceptors (Lipinski definition) is 0. The molecule has 0 radical (unpaired) electrons. The number of allylic oxidation sites excluding steroid dienone is 3. The van der Waals surface area contributed by atoms with Gasteiger partial charge >= 0.3 is 0 Å². The Labute approximate surface area is 75.7 Å². The van der Waals surface area contributed by atoms with Crippen LogP contribution in [0.15, 0.2) is 29.0 Å². The predicted molar refractivity (Wildman–Crippen MR) is 54.1 cm³/mol. The van der Waals surface area contributed by atoms with Crippen LogP contribution in [0.5, 0.6) is 0 Å². The molecule has 0 fully saturated rings. The Balaban J connectivity index is 2.60. The van der Waals surface area contributed by atoms with E-state index in [4.69, 9.17) is 0 Å². The Bertz CT molecular complexity index is 224. The fraction of sp³-hybridized carbons (Fsp3) is 0.583. The number of hydrogen-bond donors (Lipinski definition) is 0. The minimum atomic E-state index is 1.17. The van der Waals surface area contributed by atoms with Gasteiger partial charge in [0.15, 0.2) is 0 Å². The van der Waals surface area contributed by atoms with E-state index in [-0.39, 0.29) is 0 Å². The number of rotatable bonds is 0. The van der Waals surface area contributed by atoms with Crippen molar-refractivity contribution >= 4 is 0 Å². The molecule has 1 rings (SSSR count). The van der Waals surface area contributed by atoms with Crippen LogP contribution in [0.2, 0.25) is 0 Å². The molecule has 66 valence electrons. The van der Waals surface area contributed by atoms with E-state index in [1.807, 2.05) is 0 Å². The minimum Gasteiger partial charge on any atom is -0.126 e. The molecule has 0 aliphatic heterocycles. The first-order chi connectivity index (χ1) is 5.79. The lowest BCUT2D eigenvalue weighted by molar-refractivity contribution is 0.817. The summed E-state index contributed by atoms with van der Waals surface area (Å²) in [6.45, 7) is 4.41. The zero-order chi connectivity index (χ0) is 8.81. The molecule has 0 heteroatoms. The van der Waals surface area contributed by atoms with Crippen molar-refractivity contribution < 1.29 is 0 Å². The first-order valence-corrected chi connectivity index (χ1v) is 4.85. The Kier molecular flexibility index (Phi) is 3.90. The molecule has 0 nitrogen and oxygen atoms in total. The van der Waals surface area contributed by atoms with E-state index < -0.39 is 0 Å². The summed E-state index contributed by atoms with van der Waals surface area (Å²) in [5.74, 6) is 0. The molecule has 0 unspecified atom stereocenters. The van der Waals surface area contributed by atoms with Gasteiger partial charge in [-0.15, -0.1) is 5.73 Å². The molecule has 0 saturated carbocycles. The largest absolute Gasteiger partial charge is 0.126 e. The van der Waals surface area contributed by atoms with Gasteiger partial charge in [-0.3, -0.25) is 0 Å². The standard InChI is InChI=1S/C12H18/c1-11-7-4-3-5-8-12(2)10-6-9-11/h4,10H,3,5-6,8-9H2,1-2H3. The fourth-order valence-corrected chi connectivity index (χ4v) is 1.44. The van der Waals surface area contributed by atoms with Gasteiger partial charge < -0.3 is 0 Å². The van der Waals surface area contributed by atoms with E-state index >= 15 is 0 Å². The molecule has 0 bridgehead atoms. The van der Waals surface area contributed by atoms with Crippen LogP contribution in [0.4, 0.5) is 0 Å². The predicted octanol–water partition coefficient (Wildman–Crippen LogP) is 4.00. The molecule has 0 N–H and O–H groups in total. The van der Waals surface area contributed by atoms with Crippen molar-refractivity contribution in [3.63, 3.8) is 0 Å². The van der Waals surface area contributed by atoms with E-state index in [0.717, 1.165) is 0 Å². The van der Waals surface area contributed by atoms with Crippen molar-refractivity contribution in [1.29, 1.82) is 0 Å². The molecule has 0 aromatic carbocycles. The summed E-state index contributed by atoms with van der Waals surface area (Å²) in [6, 6.07) is 0. The smallest absolute Gasteiger partial charge is 0.0212 e. The lowest BCUT2D eigenvalue weighted by Crippen LogP contribution is -1.82. The summed E-state index contributed by atoms with van der Waals surface area (Å²) in [4.78, 5) is 0. The van der Waals surface area contributed by atoms with E-state index in [2.05, 4.69) is 31.7 Å². The monoisotopic (exact) mass is 162 g/mol. The highest BCUT2D eigenvalue weighted by Crippen LogP contribution is 2.12. The van der Waals surface area contributed by atoms with Crippen molar-refractivity contribution in [2.45, 2.75) is 46.0 Å². The van der Waals surface area contributed by atoms with Gasteiger partial charge in [0, 0.05) is 0 Å². The van der Waals surface area contributed by atoms with Gasteiger partial charge in [-0.25, -0.2) is 0 Å². The lowest BCUT2D eigenvalue weighted by atomic mass is 10.0. The highest BCUT2D eigenvalue weighted by molar-refractivity contribution is 5.05. The van der Waals surface area contributed by atoms with Gasteiger partial charge in [0.1, 0.15) is 0 Å². The van der Waals surface area contributed by atoms with Gasteiger partial charge in [0.25, 0.3) is 0 Å². The second-order valence-corrected chi connectivity index (χ2v) is 3.61. The molecule has 0 heterocycles. The van der Waals surface area contributed by atoms with Crippen molar-refractivity contribution in [2.24, 2.45) is 0 Å². The van der Waals surface area contributed by atoms with Crippen molar-refractivity contribution in [3.8, 4) is 0 Å². The average molecular weight is 162 g/mol. The molecular formula is C12H18. The summed E-state index contributed by atoms with van der Waals surface area (Å²) < 4.78 is 0. The van der Waals surface area contributed by atoms with E-state index in [1.165, 1.54) is 37.7 Å². The Morgan fingerprint density at radius 2 is 2.00 bits per heavy atom. The normalized spacial score (nSPS) is 19.8. The highest BCUT2D eigenvalue weighted by atomic mass is 14.0. The molecule has 0 amide bonds. The van der Waals surface area contributed by atoms with Gasteiger partial charge in [-0.1, -0.05) is 11.6 Å². The highest BCUT2D eigenvalue weighted by Gasteiger charge is 1.93. The van der Waals surface area contributed by atoms with Crippen LogP contribution >= 0.6 is 0 Å². The summed E-state index contributed by atoms with van der Waals surface area (Å²) in [5, 5.41) is 0. The molecule has 0 saturated heterocycles. The molecule has 0 aromatic heterocycles. The third kappa shape index (κ3) is 3.59. The maximum absolute atomic E-state index is 3.33. The van der Waals surface area contributed by atoms with E-state index in [0.29, 0.717) is 0 Å². The van der Waals surface area contributed by atoms with Gasteiger partial charge in [0.2, 0.25) is 0 Å². The summed E-state index contributed by atoms with van der Waals surface area (Å²) >= 11 is 0. The van der Waals surface area contributed by atoms with Gasteiger partial charge in [0.05, 0.1) is 0 Å². The Hall–Kier alpha value is -0.740. The maximum atomic E-state index is 3.33. The Morgan fingerprint density at radius 3 is 2.83 bits per heavy atom. The van der Waals surface area contributed by atoms with Crippen LogP contribution in [0.1, 0.15) is 46.0 Å². The van der Waals surface area contributed by atoms with Crippen LogP contribution in [-0.4, -0.2) is 0 Å². The van der Waals surface area contributed by atoms with Crippen LogP contribution in [0.25, 0.3) is 0 Å². The molecule has 0 atom stereocenters. The van der Waals surface area contributed by atoms with Crippen molar-refractivity contribution in [2.75, 3.05) is 0 Å². The van der Waals surface area contributed by atoms with Gasteiger partial charge in [-0.05, 0) is 57.6 Å². The second-order valence-electron chi connectivity index (χ2n) is 3.61. The summed E-state index contributed by atoms with van der Waals surface area (Å²) in [6.07, 6.45) is 10.7. The van der Waals surface area contributed by atoms with Crippen molar-refractivity contribution in [1.82, 2.24) is 0 Å². The van der Waals surface area contributed by atoms with Crippen molar-refractivity contribution in [3.05, 3.63) is 29.0 Å². The second kappa shape index (κ2) is 5.00. The summed E-state index contributed by atoms with van der Waals surface area (Å²) in [7, 11) is 0. The Morgan fingerprint density at radius 1 is 1.17 bits per heavy atom. The molecule has 1 aliphatic rings. The third-order valence-corrected chi connectivity index (χ3v) is 2.28. The lowest BCUT2D eigenvalue weighted by Gasteiger charge is -2.01. The molecule has 12 heavy (non-hydrogen) atoms. The fourth-order valence-electron chi connectivity index (χ4n) is 1.44. The third-order valence-electron chi connectivity index (χ3n) is 2.28. The van der Waals surface area contributed by atoms with Crippen LogP contribution in [-0.2, 0) is 0 Å². The summed E-state index contributed by atoms with van der Waals surface area (Å²) in [5.41, 5.74) is 6.27. The van der Waals surface area contributed by atoms with E-state index in [9.17, 15) is 0 Å². The van der Waals surface area contributed by atoms with Crippen LogP contribution < -0.4 is 0 Å². The van der Waals surface area contributed by atoms with E-state index in [1.54, 1.807) is 5.57 Å². The zero-order valence-electron chi connectivity index (χ0n) is 8.19. The zero-order valence-corrected chi connectivity index (χ0v) is 8.19. The molecule has 1 aliphatic carbocycles. The molecule has 0 spiro atoms. The maximum Gasteiger partial charge on any atom is -0.0212 e. The molecular weight excluding hydrogens is 144 g/mol. The first kappa shape index (κ1) is 9.35. The average Bonchev–Trinajstić information content (AvgIpc) is 2.04. The first-order valence-electron chi connectivity index (χ1n) is 4.85. The van der Waals surface area contributed by atoms with Crippen LogP contribution in [0, 0.1) is 0 Å². The minimum absolute atomic E-state index is 1.17. The quantitative estimate of drug-likeness (QED) is 0.373. The SMILES string of the molecule is CC1=C=CCCCC(C)=CCC1. The van der Waals surface area contributed by atoms with Gasteiger partial charge in [-0.2, -0.15) is 0 Å².